The molecule has 1 aliphatic rings. The van der Waals surface area contributed by atoms with Crippen LogP contribution in [0.1, 0.15) is 6.42 Å². The molecule has 98 valence electrons. The third-order valence-corrected chi connectivity index (χ3v) is 3.90. The Morgan fingerprint density at radius 2 is 2.17 bits per heavy atom. The Morgan fingerprint density at radius 1 is 1.44 bits per heavy atom. The number of aromatic nitrogens is 2. The van der Waals surface area contributed by atoms with Gasteiger partial charge in [-0.25, -0.2) is 23.5 Å². The van der Waals surface area contributed by atoms with E-state index in [0.717, 1.165) is 0 Å². The van der Waals surface area contributed by atoms with E-state index in [2.05, 4.69) is 25.9 Å². The van der Waals surface area contributed by atoms with E-state index in [1.807, 2.05) is 0 Å². The summed E-state index contributed by atoms with van der Waals surface area (Å²) in [6.45, 7) is 0.297. The van der Waals surface area contributed by atoms with Gasteiger partial charge in [0.15, 0.2) is 5.82 Å². The normalized spacial score (nSPS) is 20.4. The summed E-state index contributed by atoms with van der Waals surface area (Å²) in [4.78, 5) is 21.2. The molecule has 1 atom stereocenters. The molecule has 2 rings (SSSR count). The van der Waals surface area contributed by atoms with E-state index >= 15 is 0 Å². The highest BCUT2D eigenvalue weighted by atomic mass is 79.9. The maximum atomic E-state index is 11.8. The molecule has 1 saturated heterocycles. The van der Waals surface area contributed by atoms with E-state index < -0.39 is 10.0 Å². The van der Waals surface area contributed by atoms with Gasteiger partial charge in [0.1, 0.15) is 4.60 Å². The van der Waals surface area contributed by atoms with Crippen molar-refractivity contribution in [2.24, 2.45) is 11.1 Å². The Labute approximate surface area is 113 Å². The maximum absolute atomic E-state index is 11.8. The van der Waals surface area contributed by atoms with Gasteiger partial charge in [-0.2, -0.15) is 0 Å². The standard InChI is InChI=1S/C9H11BrN4O3S/c10-7-2-13-8(3-12-7)14-4-6(1-9(14)15)5-18(11,16)17/h2-3,6H,1,4-5H2,(H2,11,16,17). The smallest absolute Gasteiger partial charge is 0.228 e. The number of carbonyl (C=O) groups excluding carboxylic acids is 1. The first-order chi connectivity index (χ1) is 8.35. The zero-order valence-electron chi connectivity index (χ0n) is 9.28. The number of nitrogens with zero attached hydrogens (tertiary/aromatic N) is 3. The SMILES string of the molecule is NS(=O)(=O)CC1CC(=O)N(c2cnc(Br)cn2)C1. The second kappa shape index (κ2) is 4.90. The Hall–Kier alpha value is -1.06. The molecule has 2 N–H and O–H groups in total. The zero-order valence-corrected chi connectivity index (χ0v) is 11.7. The van der Waals surface area contributed by atoms with Crippen LogP contribution in [0, 0.1) is 5.92 Å². The molecule has 0 saturated carbocycles. The molecule has 2 heterocycles. The van der Waals surface area contributed by atoms with Gasteiger partial charge in [-0.15, -0.1) is 0 Å². The minimum Gasteiger partial charge on any atom is -0.295 e. The van der Waals surface area contributed by atoms with E-state index in [1.54, 1.807) is 0 Å². The summed E-state index contributed by atoms with van der Waals surface area (Å²) in [7, 11) is -3.57. The number of nitrogens with two attached hydrogens (primary N) is 1. The lowest BCUT2D eigenvalue weighted by molar-refractivity contribution is -0.117. The Kier molecular flexibility index (Phi) is 3.64. The predicted molar refractivity (Wildman–Crippen MR) is 68.2 cm³/mol. The van der Waals surface area contributed by atoms with Crippen molar-refractivity contribution in [1.82, 2.24) is 9.97 Å². The van der Waals surface area contributed by atoms with Crippen molar-refractivity contribution in [1.29, 1.82) is 0 Å². The van der Waals surface area contributed by atoms with Gasteiger partial charge in [0, 0.05) is 18.9 Å². The largest absolute Gasteiger partial charge is 0.295 e. The molecule has 0 aromatic carbocycles. The van der Waals surface area contributed by atoms with Crippen LogP contribution in [-0.4, -0.2) is 36.6 Å². The molecule has 1 aromatic rings. The number of sulfonamides is 1. The molecule has 9 heteroatoms. The summed E-state index contributed by atoms with van der Waals surface area (Å²) >= 11 is 3.15. The van der Waals surface area contributed by atoms with Crippen LogP contribution in [0.15, 0.2) is 17.0 Å². The molecule has 18 heavy (non-hydrogen) atoms. The molecule has 1 unspecified atom stereocenters. The molecular formula is C9H11BrN4O3S. The first kappa shape index (κ1) is 13.4. The van der Waals surface area contributed by atoms with Crippen LogP contribution in [0.2, 0.25) is 0 Å². The average molecular weight is 335 g/mol. The number of halogens is 1. The molecule has 1 aromatic heterocycles. The quantitative estimate of drug-likeness (QED) is 0.829. The monoisotopic (exact) mass is 334 g/mol. The molecule has 0 bridgehead atoms. The van der Waals surface area contributed by atoms with Crippen molar-refractivity contribution in [2.45, 2.75) is 6.42 Å². The van der Waals surface area contributed by atoms with Crippen molar-refractivity contribution in [3.8, 4) is 0 Å². The highest BCUT2D eigenvalue weighted by Gasteiger charge is 2.33. The summed E-state index contributed by atoms with van der Waals surface area (Å²) < 4.78 is 22.6. The second-order valence-corrected chi connectivity index (χ2v) is 6.57. The van der Waals surface area contributed by atoms with Gasteiger partial charge < -0.3 is 0 Å². The van der Waals surface area contributed by atoms with Crippen LogP contribution in [0.25, 0.3) is 0 Å². The second-order valence-electron chi connectivity index (χ2n) is 4.10. The maximum Gasteiger partial charge on any atom is 0.228 e. The molecule has 1 aliphatic heterocycles. The molecule has 0 radical (unpaired) electrons. The number of carbonyl (C=O) groups is 1. The number of rotatable bonds is 3. The highest BCUT2D eigenvalue weighted by Crippen LogP contribution is 2.23. The fourth-order valence-corrected chi connectivity index (χ4v) is 2.97. The van der Waals surface area contributed by atoms with Crippen LogP contribution in [0.4, 0.5) is 5.82 Å². The number of amides is 1. The number of anilines is 1. The Morgan fingerprint density at radius 3 is 2.72 bits per heavy atom. The Bertz CT molecular complexity index is 560. The zero-order chi connectivity index (χ0) is 13.3. The van der Waals surface area contributed by atoms with Crippen molar-refractivity contribution >= 4 is 37.7 Å². The van der Waals surface area contributed by atoms with Gasteiger partial charge in [-0.3, -0.25) is 9.69 Å². The highest BCUT2D eigenvalue weighted by molar-refractivity contribution is 9.10. The minimum absolute atomic E-state index is 0.161. The van der Waals surface area contributed by atoms with Crippen LogP contribution >= 0.6 is 15.9 Å². The summed E-state index contributed by atoms with van der Waals surface area (Å²) in [5.41, 5.74) is 0. The van der Waals surface area contributed by atoms with Gasteiger partial charge in [0.25, 0.3) is 0 Å². The van der Waals surface area contributed by atoms with Crippen LogP contribution < -0.4 is 10.0 Å². The van der Waals surface area contributed by atoms with Crippen molar-refractivity contribution < 1.29 is 13.2 Å². The molecule has 0 spiro atoms. The van der Waals surface area contributed by atoms with Gasteiger partial charge in [0.05, 0.1) is 18.1 Å². The summed E-state index contributed by atoms with van der Waals surface area (Å²) in [5.74, 6) is -0.238. The van der Waals surface area contributed by atoms with Crippen LogP contribution in [-0.2, 0) is 14.8 Å². The van der Waals surface area contributed by atoms with Gasteiger partial charge >= 0.3 is 0 Å². The fourth-order valence-electron chi connectivity index (χ4n) is 1.89. The predicted octanol–water partition coefficient (Wildman–Crippen LogP) is -0.119. The number of primary sulfonamides is 1. The van der Waals surface area contributed by atoms with Crippen molar-refractivity contribution in [3.63, 3.8) is 0 Å². The lowest BCUT2D eigenvalue weighted by atomic mass is 10.1. The lowest BCUT2D eigenvalue weighted by Gasteiger charge is -2.14. The third kappa shape index (κ3) is 3.24. The molecular weight excluding hydrogens is 324 g/mol. The number of hydrogen-bond acceptors (Lipinski definition) is 5. The van der Waals surface area contributed by atoms with E-state index in [-0.39, 0.29) is 24.0 Å². The van der Waals surface area contributed by atoms with E-state index in [9.17, 15) is 13.2 Å². The van der Waals surface area contributed by atoms with E-state index in [4.69, 9.17) is 5.14 Å². The van der Waals surface area contributed by atoms with Gasteiger partial charge in [-0.1, -0.05) is 0 Å². The van der Waals surface area contributed by atoms with Crippen LogP contribution in [0.3, 0.4) is 0 Å². The summed E-state index contributed by atoms with van der Waals surface area (Å²) in [6.07, 6.45) is 3.10. The number of hydrogen-bond donors (Lipinski definition) is 1. The molecule has 1 amide bonds. The van der Waals surface area contributed by atoms with E-state index in [0.29, 0.717) is 17.0 Å². The third-order valence-electron chi connectivity index (χ3n) is 2.56. The summed E-state index contributed by atoms with van der Waals surface area (Å²) in [6, 6.07) is 0. The molecule has 7 nitrogen and oxygen atoms in total. The van der Waals surface area contributed by atoms with Gasteiger partial charge in [-0.05, 0) is 15.9 Å². The lowest BCUT2D eigenvalue weighted by Crippen LogP contribution is -2.28. The van der Waals surface area contributed by atoms with Crippen molar-refractivity contribution in [3.05, 3.63) is 17.0 Å². The minimum atomic E-state index is -3.57. The molecule has 0 aliphatic carbocycles. The average Bonchev–Trinajstić information content (AvgIpc) is 2.58. The first-order valence-electron chi connectivity index (χ1n) is 5.13. The topological polar surface area (TPSA) is 106 Å². The van der Waals surface area contributed by atoms with Crippen LogP contribution in [0.5, 0.6) is 0 Å². The Balaban J connectivity index is 2.12. The fraction of sp³-hybridized carbons (Fsp3) is 0.444. The van der Waals surface area contributed by atoms with E-state index in [1.165, 1.54) is 17.3 Å². The first-order valence-corrected chi connectivity index (χ1v) is 7.64. The summed E-state index contributed by atoms with van der Waals surface area (Å²) in [5, 5.41) is 4.97. The van der Waals surface area contributed by atoms with Crippen molar-refractivity contribution in [2.75, 3.05) is 17.2 Å². The van der Waals surface area contributed by atoms with Gasteiger partial charge in [0.2, 0.25) is 15.9 Å². The molecule has 1 fully saturated rings.